The molecule has 4 heteroatoms. The van der Waals surface area contributed by atoms with Gasteiger partial charge in [0, 0.05) is 5.57 Å². The van der Waals surface area contributed by atoms with Crippen LogP contribution < -0.4 is 10.4 Å². The number of nitrogens with zero attached hydrogens (tertiary/aromatic N) is 1. The van der Waals surface area contributed by atoms with Crippen molar-refractivity contribution in [2.45, 2.75) is 0 Å². The van der Waals surface area contributed by atoms with Crippen molar-refractivity contribution in [3.8, 4) is 0 Å². The average molecular weight is 192 g/mol. The maximum absolute atomic E-state index is 12.6. The van der Waals surface area contributed by atoms with E-state index < -0.39 is 0 Å². The van der Waals surface area contributed by atoms with E-state index in [4.69, 9.17) is 0 Å². The van der Waals surface area contributed by atoms with Crippen LogP contribution in [0.4, 0.5) is 10.1 Å². The van der Waals surface area contributed by atoms with E-state index in [1.165, 1.54) is 12.1 Å². The summed E-state index contributed by atoms with van der Waals surface area (Å²) < 4.78 is 12.6. The van der Waals surface area contributed by atoms with Gasteiger partial charge in [0.05, 0.1) is 12.2 Å². The molecule has 14 heavy (non-hydrogen) atoms. The van der Waals surface area contributed by atoms with E-state index >= 15 is 0 Å². The molecule has 1 amide bonds. The lowest BCUT2D eigenvalue weighted by molar-refractivity contribution is -0.116. The third-order valence-corrected chi connectivity index (χ3v) is 2.04. The van der Waals surface area contributed by atoms with Gasteiger partial charge in [0.2, 0.25) is 0 Å². The Labute approximate surface area is 80.8 Å². The molecule has 1 N–H and O–H groups in total. The lowest BCUT2D eigenvalue weighted by atomic mass is 10.3. The number of benzene rings is 1. The minimum Gasteiger partial charge on any atom is -0.281 e. The number of rotatable bonds is 1. The predicted octanol–water partition coefficient (Wildman–Crippen LogP) is 1.23. The van der Waals surface area contributed by atoms with E-state index in [0.717, 1.165) is 5.69 Å². The smallest absolute Gasteiger partial charge is 0.267 e. The van der Waals surface area contributed by atoms with Gasteiger partial charge in [-0.25, -0.2) is 4.39 Å². The minimum absolute atomic E-state index is 0.186. The molecule has 1 aromatic rings. The molecule has 1 aliphatic heterocycles. The molecular weight excluding hydrogens is 183 g/mol. The van der Waals surface area contributed by atoms with Crippen molar-refractivity contribution in [2.75, 3.05) is 11.6 Å². The Morgan fingerprint density at radius 3 is 2.50 bits per heavy atom. The first-order valence-corrected chi connectivity index (χ1v) is 4.19. The Bertz CT molecular complexity index is 370. The molecule has 0 atom stereocenters. The van der Waals surface area contributed by atoms with Gasteiger partial charge in [-0.3, -0.25) is 15.2 Å². The molecule has 3 nitrogen and oxygen atoms in total. The largest absolute Gasteiger partial charge is 0.281 e. The molecule has 1 aliphatic rings. The van der Waals surface area contributed by atoms with Crippen molar-refractivity contribution in [1.82, 2.24) is 5.43 Å². The number of nitrogens with one attached hydrogen (secondary N) is 1. The molecule has 0 aromatic heterocycles. The van der Waals surface area contributed by atoms with E-state index in [1.807, 2.05) is 0 Å². The van der Waals surface area contributed by atoms with Crippen LogP contribution in [0, 0.1) is 5.82 Å². The second-order valence-corrected chi connectivity index (χ2v) is 3.11. The van der Waals surface area contributed by atoms with Crippen molar-refractivity contribution in [1.29, 1.82) is 0 Å². The molecule has 0 aliphatic carbocycles. The fourth-order valence-corrected chi connectivity index (χ4v) is 1.28. The number of halogens is 1. The third-order valence-electron chi connectivity index (χ3n) is 2.04. The van der Waals surface area contributed by atoms with E-state index in [2.05, 4.69) is 12.0 Å². The number of carbonyl (C=O) groups excluding carboxylic acids is 1. The molecule has 1 aromatic carbocycles. The zero-order valence-electron chi connectivity index (χ0n) is 7.46. The monoisotopic (exact) mass is 192 g/mol. The van der Waals surface area contributed by atoms with E-state index in [9.17, 15) is 9.18 Å². The van der Waals surface area contributed by atoms with Crippen LogP contribution in [-0.2, 0) is 4.79 Å². The number of hydrogen-bond acceptors (Lipinski definition) is 2. The molecule has 1 saturated heterocycles. The molecule has 1 heterocycles. The Balaban J connectivity index is 2.21. The van der Waals surface area contributed by atoms with Crippen LogP contribution in [0.15, 0.2) is 36.4 Å². The van der Waals surface area contributed by atoms with Crippen LogP contribution in [-0.4, -0.2) is 12.5 Å². The van der Waals surface area contributed by atoms with Crippen LogP contribution in [0.25, 0.3) is 0 Å². The summed E-state index contributed by atoms with van der Waals surface area (Å²) >= 11 is 0. The molecule has 0 spiro atoms. The Kier molecular flexibility index (Phi) is 1.96. The van der Waals surface area contributed by atoms with Crippen molar-refractivity contribution in [2.24, 2.45) is 0 Å². The maximum Gasteiger partial charge on any atom is 0.267 e. The standard InChI is InChI=1S/C10H9FN2O/c1-7-6-13(12-10(7)14)9-4-2-8(11)3-5-9/h2-5H,1,6H2,(H,12,14). The van der Waals surface area contributed by atoms with Crippen LogP contribution in [0.1, 0.15) is 0 Å². The maximum atomic E-state index is 12.6. The van der Waals surface area contributed by atoms with Gasteiger partial charge in [-0.1, -0.05) is 6.58 Å². The Morgan fingerprint density at radius 2 is 2.00 bits per heavy atom. The highest BCUT2D eigenvalue weighted by Gasteiger charge is 2.22. The molecule has 0 unspecified atom stereocenters. The summed E-state index contributed by atoms with van der Waals surface area (Å²) in [6, 6.07) is 5.91. The first-order valence-electron chi connectivity index (χ1n) is 4.19. The zero-order chi connectivity index (χ0) is 10.1. The van der Waals surface area contributed by atoms with Gasteiger partial charge in [0.15, 0.2) is 0 Å². The molecule has 0 bridgehead atoms. The fourth-order valence-electron chi connectivity index (χ4n) is 1.28. The number of anilines is 1. The SMILES string of the molecule is C=C1CN(c2ccc(F)cc2)NC1=O. The average Bonchev–Trinajstić information content (AvgIpc) is 2.48. The van der Waals surface area contributed by atoms with E-state index in [1.54, 1.807) is 17.1 Å². The van der Waals surface area contributed by atoms with Crippen molar-refractivity contribution in [3.63, 3.8) is 0 Å². The normalized spacial score (nSPS) is 15.9. The van der Waals surface area contributed by atoms with Crippen LogP contribution in [0.3, 0.4) is 0 Å². The Hall–Kier alpha value is -1.84. The number of amides is 1. The van der Waals surface area contributed by atoms with Crippen molar-refractivity contribution < 1.29 is 9.18 Å². The van der Waals surface area contributed by atoms with Crippen molar-refractivity contribution in [3.05, 3.63) is 42.2 Å². The lowest BCUT2D eigenvalue weighted by Crippen LogP contribution is -2.32. The van der Waals surface area contributed by atoms with Gasteiger partial charge >= 0.3 is 0 Å². The molecule has 0 saturated carbocycles. The van der Waals surface area contributed by atoms with Gasteiger partial charge in [0.25, 0.3) is 5.91 Å². The highest BCUT2D eigenvalue weighted by atomic mass is 19.1. The second kappa shape index (κ2) is 3.14. The van der Waals surface area contributed by atoms with Crippen LogP contribution in [0.5, 0.6) is 0 Å². The summed E-state index contributed by atoms with van der Waals surface area (Å²) in [4.78, 5) is 11.1. The topological polar surface area (TPSA) is 32.3 Å². The highest BCUT2D eigenvalue weighted by molar-refractivity contribution is 5.97. The van der Waals surface area contributed by atoms with E-state index in [0.29, 0.717) is 12.1 Å². The summed E-state index contributed by atoms with van der Waals surface area (Å²) in [6.45, 7) is 4.04. The molecule has 72 valence electrons. The van der Waals surface area contributed by atoms with Crippen molar-refractivity contribution >= 4 is 11.6 Å². The summed E-state index contributed by atoms with van der Waals surface area (Å²) in [5.41, 5.74) is 3.87. The minimum atomic E-state index is -0.293. The first kappa shape index (κ1) is 8.74. The number of hydrogen-bond donors (Lipinski definition) is 1. The highest BCUT2D eigenvalue weighted by Crippen LogP contribution is 2.17. The second-order valence-electron chi connectivity index (χ2n) is 3.11. The predicted molar refractivity (Wildman–Crippen MR) is 51.0 cm³/mol. The van der Waals surface area contributed by atoms with Gasteiger partial charge < -0.3 is 0 Å². The molecule has 1 fully saturated rings. The van der Waals surface area contributed by atoms with Gasteiger partial charge in [-0.05, 0) is 24.3 Å². The molecular formula is C10H9FN2O. The fraction of sp³-hybridized carbons (Fsp3) is 0.100. The number of carbonyl (C=O) groups is 1. The van der Waals surface area contributed by atoms with E-state index in [-0.39, 0.29) is 11.7 Å². The summed E-state index contributed by atoms with van der Waals surface area (Å²) in [5, 5.41) is 1.63. The van der Waals surface area contributed by atoms with Crippen LogP contribution >= 0.6 is 0 Å². The van der Waals surface area contributed by atoms with Gasteiger partial charge in [-0.2, -0.15) is 0 Å². The molecule has 2 rings (SSSR count). The Morgan fingerprint density at radius 1 is 1.36 bits per heavy atom. The zero-order valence-corrected chi connectivity index (χ0v) is 7.46. The lowest BCUT2D eigenvalue weighted by Gasteiger charge is -2.16. The third kappa shape index (κ3) is 1.46. The number of hydrazine groups is 1. The molecule has 0 radical (unpaired) electrons. The van der Waals surface area contributed by atoms with Crippen LogP contribution in [0.2, 0.25) is 0 Å². The summed E-state index contributed by atoms with van der Waals surface area (Å²) in [5.74, 6) is -0.479. The van der Waals surface area contributed by atoms with Gasteiger partial charge in [-0.15, -0.1) is 0 Å². The summed E-state index contributed by atoms with van der Waals surface area (Å²) in [6.07, 6.45) is 0. The first-order chi connectivity index (χ1) is 6.66. The quantitative estimate of drug-likeness (QED) is 0.679. The summed E-state index contributed by atoms with van der Waals surface area (Å²) in [7, 11) is 0. The van der Waals surface area contributed by atoms with Gasteiger partial charge in [0.1, 0.15) is 5.82 Å².